The van der Waals surface area contributed by atoms with Gasteiger partial charge < -0.3 is 10.1 Å². The Kier molecular flexibility index (Phi) is 7.09. The number of hydrogen-bond donors (Lipinski definition) is 1. The molecule has 1 rings (SSSR count). The number of ether oxygens (including phenoxy) is 1. The molecule has 2 nitrogen and oxygen atoms in total. The fraction of sp³-hybridized carbons (Fsp3) is 1.00. The Hall–Kier alpha value is -0.0151. The van der Waals surface area contributed by atoms with Crippen LogP contribution in [0.1, 0.15) is 0 Å². The third kappa shape index (κ3) is 10.9. The molecule has 0 radical (unpaired) electrons. The van der Waals surface area contributed by atoms with Crippen molar-refractivity contribution in [2.45, 2.75) is 20.5 Å². The molecule has 3 heteroatoms. The summed E-state index contributed by atoms with van der Waals surface area (Å²) in [6, 6.07) is 0. The molecule has 0 unspecified atom stereocenters. The van der Waals surface area contributed by atoms with Gasteiger partial charge in [-0.3, -0.25) is 0 Å². The van der Waals surface area contributed by atoms with E-state index in [1.807, 2.05) is 0 Å². The van der Waals surface area contributed by atoms with Gasteiger partial charge in [-0.05, 0) is 0 Å². The summed E-state index contributed by atoms with van der Waals surface area (Å²) in [4.78, 5) is 0. The predicted molar refractivity (Wildman–Crippen MR) is 47.0 cm³/mol. The molecular weight excluding hydrogens is 125 g/mol. The van der Waals surface area contributed by atoms with Crippen LogP contribution in [-0.4, -0.2) is 33.0 Å². The Bertz CT molecular complexity index is 50.4. The Morgan fingerprint density at radius 1 is 1.10 bits per heavy atom. The highest BCUT2D eigenvalue weighted by Crippen LogP contribution is 1.76. The van der Waals surface area contributed by atoms with Crippen molar-refractivity contribution in [1.29, 1.82) is 0 Å². The summed E-state index contributed by atoms with van der Waals surface area (Å²) >= 11 is 0. The summed E-state index contributed by atoms with van der Waals surface area (Å²) < 4.78 is 5.01. The summed E-state index contributed by atoms with van der Waals surface area (Å²) in [6.07, 6.45) is 0. The Balaban J connectivity index is 0.000000180. The lowest BCUT2D eigenvalue weighted by Crippen LogP contribution is -2.30. The molecule has 0 bridgehead atoms. The van der Waals surface area contributed by atoms with Gasteiger partial charge in [0.2, 0.25) is 0 Å². The SMILES string of the molecule is C1COCCN1.CB(C)C. The van der Waals surface area contributed by atoms with Gasteiger partial charge in [0.15, 0.2) is 0 Å². The molecule has 0 spiro atoms. The maximum absolute atomic E-state index is 5.01. The monoisotopic (exact) mass is 143 g/mol. The second-order valence-electron chi connectivity index (χ2n) is 3.09. The molecule has 60 valence electrons. The fourth-order valence-corrected chi connectivity index (χ4v) is 0.516. The van der Waals surface area contributed by atoms with Crippen molar-refractivity contribution >= 4 is 6.71 Å². The van der Waals surface area contributed by atoms with Gasteiger partial charge in [-0.25, -0.2) is 0 Å². The van der Waals surface area contributed by atoms with E-state index in [4.69, 9.17) is 4.74 Å². The molecule has 1 N–H and O–H groups in total. The van der Waals surface area contributed by atoms with E-state index in [-0.39, 0.29) is 0 Å². The highest BCUT2D eigenvalue weighted by atomic mass is 16.5. The van der Waals surface area contributed by atoms with Crippen LogP contribution in [0, 0.1) is 0 Å². The minimum Gasteiger partial charge on any atom is -0.379 e. The molecule has 1 heterocycles. The van der Waals surface area contributed by atoms with Crippen LogP contribution in [0.25, 0.3) is 0 Å². The minimum atomic E-state index is 0.833. The molecular formula is C7H18BNO. The van der Waals surface area contributed by atoms with Gasteiger partial charge in [-0.2, -0.15) is 0 Å². The van der Waals surface area contributed by atoms with E-state index >= 15 is 0 Å². The first-order valence-corrected chi connectivity index (χ1v) is 4.02. The zero-order valence-corrected chi connectivity index (χ0v) is 7.31. The predicted octanol–water partition coefficient (Wildman–Crippen LogP) is 0.977. The lowest BCUT2D eigenvalue weighted by Gasteiger charge is -2.10. The average molecular weight is 143 g/mol. The van der Waals surface area contributed by atoms with Crippen LogP contribution < -0.4 is 5.32 Å². The van der Waals surface area contributed by atoms with Gasteiger partial charge in [0, 0.05) is 13.1 Å². The second-order valence-corrected chi connectivity index (χ2v) is 3.09. The molecule has 1 aliphatic rings. The van der Waals surface area contributed by atoms with E-state index in [1.54, 1.807) is 0 Å². The standard InChI is InChI=1S/C4H9NO.C3H9B/c1-3-6-4-2-5-1;1-4(2)3/h5H,1-4H2;1-3H3. The Labute approximate surface area is 64.4 Å². The highest BCUT2D eigenvalue weighted by Gasteiger charge is 1.92. The van der Waals surface area contributed by atoms with Crippen LogP contribution in [-0.2, 0) is 4.74 Å². The summed E-state index contributed by atoms with van der Waals surface area (Å²) in [5.74, 6) is 0. The zero-order chi connectivity index (χ0) is 7.82. The molecule has 1 saturated heterocycles. The van der Waals surface area contributed by atoms with Crippen molar-refractivity contribution in [3.63, 3.8) is 0 Å². The van der Waals surface area contributed by atoms with Gasteiger partial charge in [-0.15, -0.1) is 0 Å². The number of nitrogens with one attached hydrogen (secondary N) is 1. The largest absolute Gasteiger partial charge is 0.379 e. The maximum atomic E-state index is 5.01. The lowest BCUT2D eigenvalue weighted by molar-refractivity contribution is 0.109. The molecule has 1 fully saturated rings. The van der Waals surface area contributed by atoms with Crippen LogP contribution in [0.5, 0.6) is 0 Å². The minimum absolute atomic E-state index is 0.833. The normalized spacial score (nSPS) is 17.1. The molecule has 0 aromatic rings. The van der Waals surface area contributed by atoms with Crippen molar-refractivity contribution in [3.05, 3.63) is 0 Å². The first-order valence-electron chi connectivity index (χ1n) is 4.02. The van der Waals surface area contributed by atoms with Crippen LogP contribution in [0.2, 0.25) is 20.5 Å². The summed E-state index contributed by atoms with van der Waals surface area (Å²) in [6.45, 7) is 11.2. The Morgan fingerprint density at radius 2 is 1.50 bits per heavy atom. The molecule has 0 amide bonds. The van der Waals surface area contributed by atoms with Crippen LogP contribution in [0.15, 0.2) is 0 Å². The van der Waals surface area contributed by atoms with Crippen molar-refractivity contribution in [1.82, 2.24) is 5.32 Å². The van der Waals surface area contributed by atoms with Gasteiger partial charge in [0.25, 0.3) is 0 Å². The maximum Gasteiger partial charge on any atom is 0.130 e. The van der Waals surface area contributed by atoms with Crippen molar-refractivity contribution in [2.24, 2.45) is 0 Å². The third-order valence-electron chi connectivity index (χ3n) is 0.846. The van der Waals surface area contributed by atoms with E-state index in [1.165, 1.54) is 0 Å². The molecule has 0 aliphatic carbocycles. The number of rotatable bonds is 0. The summed E-state index contributed by atoms with van der Waals surface area (Å²) in [7, 11) is 0. The Morgan fingerprint density at radius 3 is 1.60 bits per heavy atom. The fourth-order valence-electron chi connectivity index (χ4n) is 0.516. The van der Waals surface area contributed by atoms with Crippen LogP contribution >= 0.6 is 0 Å². The van der Waals surface area contributed by atoms with Gasteiger partial charge in [0.05, 0.1) is 13.2 Å². The van der Waals surface area contributed by atoms with E-state index < -0.39 is 0 Å². The molecule has 1 aliphatic heterocycles. The molecule has 0 atom stereocenters. The summed E-state index contributed by atoms with van der Waals surface area (Å²) in [5, 5.41) is 3.16. The third-order valence-corrected chi connectivity index (χ3v) is 0.846. The smallest absolute Gasteiger partial charge is 0.130 e. The van der Waals surface area contributed by atoms with Crippen LogP contribution in [0.3, 0.4) is 0 Å². The van der Waals surface area contributed by atoms with Crippen LogP contribution in [0.4, 0.5) is 0 Å². The zero-order valence-electron chi connectivity index (χ0n) is 7.31. The number of morpholine rings is 1. The van der Waals surface area contributed by atoms with E-state index in [0.717, 1.165) is 33.0 Å². The second kappa shape index (κ2) is 7.10. The lowest BCUT2D eigenvalue weighted by atomic mass is 9.58. The molecule has 0 saturated carbocycles. The van der Waals surface area contributed by atoms with Gasteiger partial charge in [0.1, 0.15) is 6.71 Å². The van der Waals surface area contributed by atoms with Gasteiger partial charge in [-0.1, -0.05) is 20.5 Å². The molecule has 0 aromatic carbocycles. The molecule has 0 aromatic heterocycles. The first-order chi connectivity index (χ1) is 4.73. The first kappa shape index (κ1) is 9.98. The highest BCUT2D eigenvalue weighted by molar-refractivity contribution is 6.54. The van der Waals surface area contributed by atoms with Crippen molar-refractivity contribution in [3.8, 4) is 0 Å². The topological polar surface area (TPSA) is 21.3 Å². The average Bonchev–Trinajstić information content (AvgIpc) is 1.90. The van der Waals surface area contributed by atoms with E-state index in [9.17, 15) is 0 Å². The quantitative estimate of drug-likeness (QED) is 0.510. The van der Waals surface area contributed by atoms with Gasteiger partial charge >= 0.3 is 0 Å². The van der Waals surface area contributed by atoms with Crippen molar-refractivity contribution in [2.75, 3.05) is 26.3 Å². The van der Waals surface area contributed by atoms with E-state index in [2.05, 4.69) is 25.8 Å². The number of hydrogen-bond acceptors (Lipinski definition) is 2. The van der Waals surface area contributed by atoms with Crippen molar-refractivity contribution < 1.29 is 4.74 Å². The molecule has 10 heavy (non-hydrogen) atoms. The van der Waals surface area contributed by atoms with E-state index in [0.29, 0.717) is 0 Å². The summed E-state index contributed by atoms with van der Waals surface area (Å²) in [5.41, 5.74) is 0.